The lowest BCUT2D eigenvalue weighted by molar-refractivity contribution is -0.156. The highest BCUT2D eigenvalue weighted by Crippen LogP contribution is 2.22. The van der Waals surface area contributed by atoms with E-state index in [4.69, 9.17) is 5.11 Å². The predicted octanol–water partition coefficient (Wildman–Crippen LogP) is -0.809. The van der Waals surface area contributed by atoms with Gasteiger partial charge in [0.1, 0.15) is 0 Å². The summed E-state index contributed by atoms with van der Waals surface area (Å²) in [4.78, 5) is 10.6. The van der Waals surface area contributed by atoms with Crippen LogP contribution >= 0.6 is 0 Å². The molecule has 1 saturated heterocycles. The fraction of sp³-hybridized carbons (Fsp3) is 0.857. The van der Waals surface area contributed by atoms with Crippen molar-refractivity contribution in [3.05, 3.63) is 0 Å². The molecule has 1 rings (SSSR count). The van der Waals surface area contributed by atoms with Crippen LogP contribution < -0.4 is 0 Å². The first kappa shape index (κ1) is 10.6. The van der Waals surface area contributed by atoms with Crippen LogP contribution in [-0.4, -0.2) is 49.1 Å². The zero-order chi connectivity index (χ0) is 10.1. The van der Waals surface area contributed by atoms with Crippen molar-refractivity contribution in [2.24, 2.45) is 0 Å². The minimum Gasteiger partial charge on any atom is -0.479 e. The van der Waals surface area contributed by atoms with Gasteiger partial charge in [0.2, 0.25) is 0 Å². The molecule has 2 N–H and O–H groups in total. The Morgan fingerprint density at radius 1 is 1.69 bits per heavy atom. The van der Waals surface area contributed by atoms with Crippen molar-refractivity contribution in [1.29, 1.82) is 0 Å². The Balaban J connectivity index is 2.63. The number of hydrogen-bond donors (Lipinski definition) is 2. The van der Waals surface area contributed by atoms with Gasteiger partial charge in [-0.15, -0.1) is 0 Å². The van der Waals surface area contributed by atoms with Crippen LogP contribution in [-0.2, 0) is 15.8 Å². The number of nitrogens with zero attached hydrogens (tertiary/aromatic N) is 1. The first-order valence-electron chi connectivity index (χ1n) is 4.09. The van der Waals surface area contributed by atoms with Crippen LogP contribution in [0.25, 0.3) is 0 Å². The van der Waals surface area contributed by atoms with Gasteiger partial charge in [-0.2, -0.15) is 0 Å². The second-order valence-electron chi connectivity index (χ2n) is 3.06. The summed E-state index contributed by atoms with van der Waals surface area (Å²) in [6.07, 6.45) is 0.147. The normalized spacial score (nSPS) is 31.8. The van der Waals surface area contributed by atoms with Gasteiger partial charge in [0.25, 0.3) is 0 Å². The van der Waals surface area contributed by atoms with Crippen molar-refractivity contribution in [3.8, 4) is 0 Å². The molecule has 76 valence electrons. The monoisotopic (exact) mass is 207 g/mol. The minimum absolute atomic E-state index is 0.0389. The molecule has 0 aromatic carbocycles. The smallest absolute Gasteiger partial charge is 0.337 e. The summed E-state index contributed by atoms with van der Waals surface area (Å²) < 4.78 is 12.8. The molecule has 1 fully saturated rings. The highest BCUT2D eigenvalue weighted by atomic mass is 32.2. The number of β-amino-alcohol motifs (C(OH)–C–C–N with tert-alkyl or cyclic N) is 1. The zero-order valence-electron chi connectivity index (χ0n) is 7.39. The summed E-state index contributed by atoms with van der Waals surface area (Å²) in [7, 11) is -1.16. The quantitative estimate of drug-likeness (QED) is 0.634. The van der Waals surface area contributed by atoms with Crippen molar-refractivity contribution in [2.45, 2.75) is 18.9 Å². The summed E-state index contributed by atoms with van der Waals surface area (Å²) in [5.74, 6) is -0.779. The van der Waals surface area contributed by atoms with E-state index in [1.54, 1.807) is 6.92 Å². The van der Waals surface area contributed by atoms with E-state index in [1.807, 2.05) is 0 Å². The molecule has 2 unspecified atom stereocenters. The number of hydrogen-bond acceptors (Lipinski definition) is 3. The molecular weight excluding hydrogens is 194 g/mol. The number of carboxylic acid groups (broad SMARTS) is 1. The first-order valence-corrected chi connectivity index (χ1v) is 5.36. The first-order chi connectivity index (χ1) is 5.99. The third kappa shape index (κ3) is 2.07. The van der Waals surface area contributed by atoms with E-state index >= 15 is 0 Å². The Kier molecular flexibility index (Phi) is 3.05. The van der Waals surface area contributed by atoms with E-state index in [0.29, 0.717) is 12.3 Å². The second kappa shape index (κ2) is 3.73. The van der Waals surface area contributed by atoms with E-state index in [2.05, 4.69) is 0 Å². The van der Waals surface area contributed by atoms with E-state index in [9.17, 15) is 14.1 Å². The third-order valence-corrected chi connectivity index (χ3v) is 3.53. The van der Waals surface area contributed by atoms with Crippen LogP contribution in [0.5, 0.6) is 0 Å². The molecule has 2 atom stereocenters. The van der Waals surface area contributed by atoms with Crippen molar-refractivity contribution in [1.82, 2.24) is 4.31 Å². The Labute approximate surface area is 78.9 Å². The number of aliphatic hydroxyl groups is 1. The summed E-state index contributed by atoms with van der Waals surface area (Å²) in [6, 6.07) is 0. The van der Waals surface area contributed by atoms with Crippen molar-refractivity contribution < 1.29 is 19.2 Å². The Morgan fingerprint density at radius 3 is 2.69 bits per heavy atom. The van der Waals surface area contributed by atoms with Gasteiger partial charge >= 0.3 is 5.97 Å². The molecule has 1 aliphatic rings. The van der Waals surface area contributed by atoms with Crippen LogP contribution in [0.1, 0.15) is 13.3 Å². The van der Waals surface area contributed by atoms with E-state index in [0.717, 1.165) is 0 Å². The molecule has 0 amide bonds. The average Bonchev–Trinajstić information content (AvgIpc) is 2.48. The Bertz CT molecular complexity index is 245. The molecule has 1 aliphatic heterocycles. The standard InChI is InChI=1S/C7H13NO4S/c1-2-13(12)8-4-3-7(11,5-8)6(9)10/h11H,2-5H2,1H3,(H,9,10). The Hall–Kier alpha value is -0.460. The number of aliphatic carboxylic acids is 1. The largest absolute Gasteiger partial charge is 0.479 e. The SMILES string of the molecule is CCS(=O)N1CCC(O)(C(=O)O)C1. The summed E-state index contributed by atoms with van der Waals surface area (Å²) in [5, 5.41) is 18.2. The molecule has 0 aliphatic carbocycles. The number of carbonyl (C=O) groups is 1. The van der Waals surface area contributed by atoms with Gasteiger partial charge < -0.3 is 10.2 Å². The highest BCUT2D eigenvalue weighted by Gasteiger charge is 2.44. The van der Waals surface area contributed by atoms with E-state index in [-0.39, 0.29) is 13.0 Å². The molecule has 6 heteroatoms. The summed E-state index contributed by atoms with van der Waals surface area (Å²) >= 11 is 0. The molecule has 5 nitrogen and oxygen atoms in total. The topological polar surface area (TPSA) is 77.8 Å². The lowest BCUT2D eigenvalue weighted by Gasteiger charge is -2.17. The lowest BCUT2D eigenvalue weighted by atomic mass is 10.1. The molecule has 0 radical (unpaired) electrons. The molecular formula is C7H13NO4S. The van der Waals surface area contributed by atoms with Crippen LogP contribution in [0.2, 0.25) is 0 Å². The molecule has 0 spiro atoms. The minimum atomic E-state index is -1.70. The molecule has 0 aromatic rings. The zero-order valence-corrected chi connectivity index (χ0v) is 8.21. The van der Waals surface area contributed by atoms with Crippen molar-refractivity contribution >= 4 is 17.0 Å². The van der Waals surface area contributed by atoms with Crippen LogP contribution in [0.15, 0.2) is 0 Å². The number of carboxylic acids is 1. The Morgan fingerprint density at radius 2 is 2.31 bits per heavy atom. The summed E-state index contributed by atoms with van der Waals surface area (Å²) in [5.41, 5.74) is -1.70. The third-order valence-electron chi connectivity index (χ3n) is 2.15. The van der Waals surface area contributed by atoms with Gasteiger partial charge in [-0.1, -0.05) is 6.92 Å². The maximum Gasteiger partial charge on any atom is 0.337 e. The highest BCUT2D eigenvalue weighted by molar-refractivity contribution is 7.82. The van der Waals surface area contributed by atoms with Gasteiger partial charge in [-0.25, -0.2) is 13.3 Å². The summed E-state index contributed by atoms with van der Waals surface area (Å²) in [6.45, 7) is 2.10. The molecule has 0 aromatic heterocycles. The fourth-order valence-corrected chi connectivity index (χ4v) is 2.31. The van der Waals surface area contributed by atoms with Gasteiger partial charge in [0.05, 0.1) is 17.5 Å². The van der Waals surface area contributed by atoms with E-state index in [1.165, 1.54) is 4.31 Å². The van der Waals surface area contributed by atoms with Crippen LogP contribution in [0.4, 0.5) is 0 Å². The average molecular weight is 207 g/mol. The van der Waals surface area contributed by atoms with Crippen LogP contribution in [0.3, 0.4) is 0 Å². The second-order valence-corrected chi connectivity index (χ2v) is 4.80. The molecule has 1 heterocycles. The number of rotatable bonds is 3. The molecule has 0 saturated carbocycles. The van der Waals surface area contributed by atoms with Gasteiger partial charge in [0.15, 0.2) is 5.60 Å². The van der Waals surface area contributed by atoms with E-state index < -0.39 is 22.6 Å². The van der Waals surface area contributed by atoms with Crippen LogP contribution in [0, 0.1) is 0 Å². The maximum absolute atomic E-state index is 11.3. The predicted molar refractivity (Wildman–Crippen MR) is 47.5 cm³/mol. The lowest BCUT2D eigenvalue weighted by Crippen LogP contribution is -2.41. The maximum atomic E-state index is 11.3. The van der Waals surface area contributed by atoms with Gasteiger partial charge in [0, 0.05) is 18.7 Å². The van der Waals surface area contributed by atoms with Gasteiger partial charge in [-0.05, 0) is 0 Å². The van der Waals surface area contributed by atoms with Crippen molar-refractivity contribution in [3.63, 3.8) is 0 Å². The fourth-order valence-electron chi connectivity index (χ4n) is 1.29. The molecule has 13 heavy (non-hydrogen) atoms. The van der Waals surface area contributed by atoms with Gasteiger partial charge in [-0.3, -0.25) is 0 Å². The molecule has 0 bridgehead atoms. The van der Waals surface area contributed by atoms with Crippen molar-refractivity contribution in [2.75, 3.05) is 18.8 Å².